The van der Waals surface area contributed by atoms with Gasteiger partial charge in [-0.3, -0.25) is 0 Å². The van der Waals surface area contributed by atoms with Crippen molar-refractivity contribution in [2.45, 2.75) is 6.54 Å². The molecule has 1 heterocycles. The molecular formula is C11H9ClN4O. The molecule has 0 unspecified atom stereocenters. The van der Waals surface area contributed by atoms with Gasteiger partial charge in [0.25, 0.3) is 5.82 Å². The molecular weight excluding hydrogens is 240 g/mol. The summed E-state index contributed by atoms with van der Waals surface area (Å²) in [6.07, 6.45) is 1.50. The molecule has 1 aromatic heterocycles. The third-order valence-electron chi connectivity index (χ3n) is 2.02. The molecule has 1 aromatic carbocycles. The van der Waals surface area contributed by atoms with Gasteiger partial charge in [-0.2, -0.15) is 5.26 Å². The van der Waals surface area contributed by atoms with Crippen molar-refractivity contribution in [1.29, 1.82) is 5.26 Å². The summed E-state index contributed by atoms with van der Waals surface area (Å²) >= 11 is 5.82. The maximum Gasteiger partial charge on any atom is 0.252 e. The highest BCUT2D eigenvalue weighted by Gasteiger charge is 1.99. The van der Waals surface area contributed by atoms with Crippen LogP contribution >= 0.6 is 11.6 Å². The maximum atomic E-state index is 8.55. The number of nitrogens with zero attached hydrogens (tertiary/aromatic N) is 4. The Balaban J connectivity index is 1.85. The molecule has 0 saturated carbocycles. The molecule has 86 valence electrons. The quantitative estimate of drug-likeness (QED) is 0.829. The van der Waals surface area contributed by atoms with Gasteiger partial charge < -0.3 is 4.74 Å². The predicted octanol–water partition coefficient (Wildman–Crippen LogP) is 1.88. The van der Waals surface area contributed by atoms with E-state index in [1.807, 2.05) is 18.2 Å². The number of rotatable bonds is 4. The van der Waals surface area contributed by atoms with Crippen molar-refractivity contribution in [2.24, 2.45) is 0 Å². The summed E-state index contributed by atoms with van der Waals surface area (Å²) in [5.41, 5.74) is 0. The lowest BCUT2D eigenvalue weighted by molar-refractivity contribution is 0.291. The molecule has 0 saturated heterocycles. The minimum atomic E-state index is 0.160. The van der Waals surface area contributed by atoms with Gasteiger partial charge in [-0.25, -0.2) is 9.67 Å². The van der Waals surface area contributed by atoms with E-state index in [4.69, 9.17) is 21.6 Å². The van der Waals surface area contributed by atoms with E-state index >= 15 is 0 Å². The minimum absolute atomic E-state index is 0.160. The van der Waals surface area contributed by atoms with Crippen LogP contribution in [0.2, 0.25) is 5.02 Å². The van der Waals surface area contributed by atoms with E-state index in [1.54, 1.807) is 16.8 Å². The summed E-state index contributed by atoms with van der Waals surface area (Å²) in [5, 5.41) is 13.1. The first-order valence-corrected chi connectivity index (χ1v) is 5.33. The molecule has 0 aliphatic rings. The Bertz CT molecular complexity index is 546. The molecule has 2 aromatic rings. The van der Waals surface area contributed by atoms with E-state index in [-0.39, 0.29) is 5.82 Å². The average Bonchev–Trinajstić information content (AvgIpc) is 2.77. The first-order valence-electron chi connectivity index (χ1n) is 4.96. The monoisotopic (exact) mass is 248 g/mol. The summed E-state index contributed by atoms with van der Waals surface area (Å²) in [5.74, 6) is 0.867. The highest BCUT2D eigenvalue weighted by Crippen LogP contribution is 2.16. The summed E-state index contributed by atoms with van der Waals surface area (Å²) < 4.78 is 7.04. The standard InChI is InChI=1S/C11H9ClN4O/c12-9-2-1-3-10(6-9)17-5-4-16-8-14-11(7-13)15-16/h1-3,6,8H,4-5H2. The molecule has 0 fully saturated rings. The summed E-state index contributed by atoms with van der Waals surface area (Å²) in [6.45, 7) is 0.968. The van der Waals surface area contributed by atoms with Crippen LogP contribution in [0.1, 0.15) is 5.82 Å². The molecule has 0 aliphatic carbocycles. The number of hydrogen-bond acceptors (Lipinski definition) is 4. The number of nitriles is 1. The van der Waals surface area contributed by atoms with Crippen molar-refractivity contribution in [2.75, 3.05) is 6.61 Å². The topological polar surface area (TPSA) is 63.7 Å². The Morgan fingerprint density at radius 3 is 3.06 bits per heavy atom. The maximum absolute atomic E-state index is 8.55. The molecule has 0 atom stereocenters. The van der Waals surface area contributed by atoms with Gasteiger partial charge in [0.05, 0.1) is 6.54 Å². The van der Waals surface area contributed by atoms with E-state index in [2.05, 4.69) is 10.1 Å². The lowest BCUT2D eigenvalue weighted by Gasteiger charge is -2.05. The van der Waals surface area contributed by atoms with Crippen LogP contribution < -0.4 is 4.74 Å². The summed E-state index contributed by atoms with van der Waals surface area (Å²) in [7, 11) is 0. The van der Waals surface area contributed by atoms with Crippen molar-refractivity contribution >= 4 is 11.6 Å². The van der Waals surface area contributed by atoms with E-state index < -0.39 is 0 Å². The molecule has 0 spiro atoms. The first kappa shape index (κ1) is 11.4. The molecule has 0 bridgehead atoms. The normalized spacial score (nSPS) is 9.88. The SMILES string of the molecule is N#Cc1ncn(CCOc2cccc(Cl)c2)n1. The second-order valence-electron chi connectivity index (χ2n) is 3.25. The zero-order chi connectivity index (χ0) is 12.1. The Labute approximate surface area is 103 Å². The zero-order valence-electron chi connectivity index (χ0n) is 8.88. The summed E-state index contributed by atoms with van der Waals surface area (Å²) in [6, 6.07) is 9.03. The molecule has 0 amide bonds. The fraction of sp³-hybridized carbons (Fsp3) is 0.182. The highest BCUT2D eigenvalue weighted by molar-refractivity contribution is 6.30. The molecule has 2 rings (SSSR count). The second-order valence-corrected chi connectivity index (χ2v) is 3.69. The van der Waals surface area contributed by atoms with Crippen molar-refractivity contribution in [3.63, 3.8) is 0 Å². The van der Waals surface area contributed by atoms with Gasteiger partial charge in [-0.05, 0) is 18.2 Å². The third kappa shape index (κ3) is 3.20. The van der Waals surface area contributed by atoms with Crippen LogP contribution in [0.4, 0.5) is 0 Å². The first-order chi connectivity index (χ1) is 8.28. The fourth-order valence-corrected chi connectivity index (χ4v) is 1.45. The molecule has 17 heavy (non-hydrogen) atoms. The molecule has 6 heteroatoms. The third-order valence-corrected chi connectivity index (χ3v) is 2.26. The Morgan fingerprint density at radius 2 is 2.35 bits per heavy atom. The van der Waals surface area contributed by atoms with Crippen molar-refractivity contribution in [3.8, 4) is 11.8 Å². The van der Waals surface area contributed by atoms with Crippen LogP contribution in [0, 0.1) is 11.3 Å². The van der Waals surface area contributed by atoms with E-state index in [9.17, 15) is 0 Å². The van der Waals surface area contributed by atoms with Gasteiger partial charge in [-0.1, -0.05) is 17.7 Å². The van der Waals surface area contributed by atoms with Crippen LogP contribution in [0.15, 0.2) is 30.6 Å². The van der Waals surface area contributed by atoms with Gasteiger partial charge in [0.2, 0.25) is 0 Å². The van der Waals surface area contributed by atoms with Crippen molar-refractivity contribution in [1.82, 2.24) is 14.8 Å². The van der Waals surface area contributed by atoms with Gasteiger partial charge in [-0.15, -0.1) is 5.10 Å². The largest absolute Gasteiger partial charge is 0.492 e. The lowest BCUT2D eigenvalue weighted by Crippen LogP contribution is -2.08. The Hall–Kier alpha value is -2.06. The molecule has 0 aliphatic heterocycles. The smallest absolute Gasteiger partial charge is 0.252 e. The van der Waals surface area contributed by atoms with E-state index in [0.29, 0.717) is 23.9 Å². The van der Waals surface area contributed by atoms with Crippen LogP contribution in [-0.4, -0.2) is 21.4 Å². The highest BCUT2D eigenvalue weighted by atomic mass is 35.5. The molecule has 0 N–H and O–H groups in total. The van der Waals surface area contributed by atoms with Crippen molar-refractivity contribution in [3.05, 3.63) is 41.4 Å². The fourth-order valence-electron chi connectivity index (χ4n) is 1.27. The zero-order valence-corrected chi connectivity index (χ0v) is 9.63. The Kier molecular flexibility index (Phi) is 3.58. The number of aromatic nitrogens is 3. The van der Waals surface area contributed by atoms with E-state index in [1.165, 1.54) is 6.33 Å². The van der Waals surface area contributed by atoms with Crippen molar-refractivity contribution < 1.29 is 4.74 Å². The Morgan fingerprint density at radius 1 is 1.47 bits per heavy atom. The second kappa shape index (κ2) is 5.32. The lowest BCUT2D eigenvalue weighted by atomic mass is 10.3. The van der Waals surface area contributed by atoms with Gasteiger partial charge >= 0.3 is 0 Å². The predicted molar refractivity (Wildman–Crippen MR) is 61.7 cm³/mol. The van der Waals surface area contributed by atoms with Crippen LogP contribution in [0.3, 0.4) is 0 Å². The minimum Gasteiger partial charge on any atom is -0.492 e. The number of benzene rings is 1. The van der Waals surface area contributed by atoms with Gasteiger partial charge in [0.1, 0.15) is 24.8 Å². The number of hydrogen-bond donors (Lipinski definition) is 0. The molecule has 0 radical (unpaired) electrons. The number of halogens is 1. The van der Waals surface area contributed by atoms with Gasteiger partial charge in [0.15, 0.2) is 0 Å². The van der Waals surface area contributed by atoms with Gasteiger partial charge in [0, 0.05) is 5.02 Å². The van der Waals surface area contributed by atoms with Crippen LogP contribution in [0.5, 0.6) is 5.75 Å². The average molecular weight is 249 g/mol. The van der Waals surface area contributed by atoms with Crippen LogP contribution in [-0.2, 0) is 6.54 Å². The summed E-state index contributed by atoms with van der Waals surface area (Å²) in [4.78, 5) is 3.79. The van der Waals surface area contributed by atoms with E-state index in [0.717, 1.165) is 0 Å². The number of ether oxygens (including phenoxy) is 1. The molecule has 5 nitrogen and oxygen atoms in total. The van der Waals surface area contributed by atoms with Crippen LogP contribution in [0.25, 0.3) is 0 Å².